The van der Waals surface area contributed by atoms with Crippen molar-refractivity contribution < 1.29 is 4.79 Å². The number of halogens is 1. The Morgan fingerprint density at radius 2 is 1.79 bits per heavy atom. The molecule has 4 rings (SSSR count). The highest BCUT2D eigenvalue weighted by Gasteiger charge is 2.33. The summed E-state index contributed by atoms with van der Waals surface area (Å²) in [5, 5.41) is 4.47. The normalized spacial score (nSPS) is 15.9. The van der Waals surface area contributed by atoms with Gasteiger partial charge in [-0.05, 0) is 78.1 Å². The van der Waals surface area contributed by atoms with Gasteiger partial charge in [-0.3, -0.25) is 4.79 Å². The number of nitrogens with zero attached hydrogens (tertiary/aromatic N) is 2. The first-order valence-corrected chi connectivity index (χ1v) is 12.8. The smallest absolute Gasteiger partial charge is 0.259 e. The van der Waals surface area contributed by atoms with Crippen molar-refractivity contribution in [2.24, 2.45) is 16.3 Å². The summed E-state index contributed by atoms with van der Waals surface area (Å²) in [7, 11) is 4.05. The highest BCUT2D eigenvalue weighted by molar-refractivity contribution is 7.16. The summed E-state index contributed by atoms with van der Waals surface area (Å²) in [5.74, 6) is 0.491. The fourth-order valence-electron chi connectivity index (χ4n) is 4.35. The van der Waals surface area contributed by atoms with Gasteiger partial charge in [0.15, 0.2) is 0 Å². The van der Waals surface area contributed by atoms with Crippen LogP contribution < -0.4 is 10.2 Å². The summed E-state index contributed by atoms with van der Waals surface area (Å²) in [6, 6.07) is 15.5. The van der Waals surface area contributed by atoms with E-state index in [9.17, 15) is 4.79 Å². The number of thiophene rings is 1. The van der Waals surface area contributed by atoms with Gasteiger partial charge in [0.1, 0.15) is 5.00 Å². The van der Waals surface area contributed by atoms with Crippen molar-refractivity contribution in [1.82, 2.24) is 0 Å². The van der Waals surface area contributed by atoms with E-state index in [1.54, 1.807) is 23.5 Å². The average Bonchev–Trinajstić information content (AvgIpc) is 3.16. The van der Waals surface area contributed by atoms with Crippen molar-refractivity contribution in [3.8, 4) is 0 Å². The van der Waals surface area contributed by atoms with E-state index in [2.05, 4.69) is 55.3 Å². The second-order valence-corrected chi connectivity index (χ2v) is 11.7. The summed E-state index contributed by atoms with van der Waals surface area (Å²) in [5.41, 5.74) is 4.99. The van der Waals surface area contributed by atoms with Crippen molar-refractivity contribution in [3.05, 3.63) is 75.1 Å². The maximum Gasteiger partial charge on any atom is 0.259 e. The van der Waals surface area contributed by atoms with Crippen molar-refractivity contribution >= 4 is 51.4 Å². The van der Waals surface area contributed by atoms with Gasteiger partial charge < -0.3 is 10.2 Å². The van der Waals surface area contributed by atoms with E-state index >= 15 is 0 Å². The molecule has 34 heavy (non-hydrogen) atoms. The number of carbonyl (C=O) groups excluding carboxylic acids is 1. The first kappa shape index (κ1) is 24.5. The van der Waals surface area contributed by atoms with E-state index in [1.165, 1.54) is 4.88 Å². The molecular weight excluding hydrogens is 462 g/mol. The lowest BCUT2D eigenvalue weighted by molar-refractivity contribution is 0.102. The van der Waals surface area contributed by atoms with E-state index in [-0.39, 0.29) is 11.3 Å². The molecule has 1 heterocycles. The predicted molar refractivity (Wildman–Crippen MR) is 147 cm³/mol. The number of nitrogens with one attached hydrogen (secondary N) is 1. The number of benzene rings is 2. The number of carbonyl (C=O) groups is 1. The van der Waals surface area contributed by atoms with Crippen LogP contribution in [-0.2, 0) is 12.8 Å². The van der Waals surface area contributed by atoms with Gasteiger partial charge in [0.25, 0.3) is 5.91 Å². The van der Waals surface area contributed by atoms with E-state index in [0.717, 1.165) is 46.8 Å². The Morgan fingerprint density at radius 1 is 1.12 bits per heavy atom. The molecule has 0 bridgehead atoms. The van der Waals surface area contributed by atoms with Crippen LogP contribution in [0.4, 0.5) is 16.4 Å². The Morgan fingerprint density at radius 3 is 2.41 bits per heavy atom. The van der Waals surface area contributed by atoms with Gasteiger partial charge in [-0.15, -0.1) is 11.3 Å². The Bertz CT molecular complexity index is 1190. The number of fused-ring (bicyclic) bond motifs is 1. The lowest BCUT2D eigenvalue weighted by atomic mass is 9.72. The van der Waals surface area contributed by atoms with Crippen LogP contribution in [0.1, 0.15) is 53.6 Å². The fourth-order valence-corrected chi connectivity index (χ4v) is 5.75. The summed E-state index contributed by atoms with van der Waals surface area (Å²) >= 11 is 7.67. The van der Waals surface area contributed by atoms with Crippen molar-refractivity contribution in [3.63, 3.8) is 0 Å². The number of hydrogen-bond acceptors (Lipinski definition) is 4. The minimum atomic E-state index is -0.107. The van der Waals surface area contributed by atoms with Crippen LogP contribution in [-0.4, -0.2) is 26.2 Å². The molecule has 4 nitrogen and oxygen atoms in total. The highest BCUT2D eigenvalue weighted by atomic mass is 35.5. The lowest BCUT2D eigenvalue weighted by Crippen LogP contribution is -2.27. The standard InChI is InChI=1S/C28H32ClN3OS/c1-28(2,3)19-8-15-23-24(16-19)34-27(30-17-18-6-13-22(14-7-18)32(4)5)25(23)26(33)31-21-11-9-20(29)10-12-21/h6-7,9-14,17,19H,8,15-16H2,1-5H3,(H,31,33)/t19-/m0/s1. The molecule has 1 aromatic heterocycles. The van der Waals surface area contributed by atoms with Gasteiger partial charge in [-0.25, -0.2) is 4.99 Å². The molecular formula is C28H32ClN3OS. The van der Waals surface area contributed by atoms with Crippen LogP contribution >= 0.6 is 22.9 Å². The van der Waals surface area contributed by atoms with Gasteiger partial charge in [-0.1, -0.05) is 44.5 Å². The Kier molecular flexibility index (Phi) is 7.15. The van der Waals surface area contributed by atoms with Crippen molar-refractivity contribution in [2.75, 3.05) is 24.3 Å². The minimum absolute atomic E-state index is 0.107. The minimum Gasteiger partial charge on any atom is -0.378 e. The lowest BCUT2D eigenvalue weighted by Gasteiger charge is -2.33. The zero-order valence-electron chi connectivity index (χ0n) is 20.5. The number of rotatable bonds is 5. The third-order valence-corrected chi connectivity index (χ3v) is 7.96. The van der Waals surface area contributed by atoms with E-state index in [1.807, 2.05) is 32.4 Å². The topological polar surface area (TPSA) is 44.7 Å². The van der Waals surface area contributed by atoms with Crippen LogP contribution in [0.15, 0.2) is 53.5 Å². The second kappa shape index (κ2) is 9.93. The first-order chi connectivity index (χ1) is 16.1. The zero-order chi connectivity index (χ0) is 24.5. The molecule has 1 atom stereocenters. The van der Waals surface area contributed by atoms with Gasteiger partial charge in [0, 0.05) is 41.6 Å². The first-order valence-electron chi connectivity index (χ1n) is 11.6. The molecule has 0 fully saturated rings. The van der Waals surface area contributed by atoms with Crippen LogP contribution in [0.5, 0.6) is 0 Å². The molecule has 1 aliphatic rings. The third-order valence-electron chi connectivity index (χ3n) is 6.54. The molecule has 0 aliphatic heterocycles. The highest BCUT2D eigenvalue weighted by Crippen LogP contribution is 2.45. The molecule has 0 saturated carbocycles. The SMILES string of the molecule is CN(C)c1ccc(C=Nc2sc3c(c2C(=O)Nc2ccc(Cl)cc2)CC[C@H](C(C)(C)C)C3)cc1. The summed E-state index contributed by atoms with van der Waals surface area (Å²) in [6.45, 7) is 6.92. The summed E-state index contributed by atoms with van der Waals surface area (Å²) in [4.78, 5) is 21.6. The van der Waals surface area contributed by atoms with Gasteiger partial charge in [-0.2, -0.15) is 0 Å². The largest absolute Gasteiger partial charge is 0.378 e. The monoisotopic (exact) mass is 493 g/mol. The molecule has 0 unspecified atom stereocenters. The molecule has 1 amide bonds. The number of anilines is 2. The van der Waals surface area contributed by atoms with E-state index < -0.39 is 0 Å². The molecule has 3 aromatic rings. The quantitative estimate of drug-likeness (QED) is 0.371. The van der Waals surface area contributed by atoms with Crippen LogP contribution in [0.3, 0.4) is 0 Å². The molecule has 6 heteroatoms. The fraction of sp³-hybridized carbons (Fsp3) is 0.357. The van der Waals surface area contributed by atoms with Gasteiger partial charge in [0.05, 0.1) is 5.56 Å². The molecule has 0 radical (unpaired) electrons. The molecule has 2 aromatic carbocycles. The van der Waals surface area contributed by atoms with Crippen LogP contribution in [0, 0.1) is 11.3 Å². The summed E-state index contributed by atoms with van der Waals surface area (Å²) < 4.78 is 0. The van der Waals surface area contributed by atoms with Crippen LogP contribution in [0.25, 0.3) is 0 Å². The van der Waals surface area contributed by atoms with Gasteiger partial charge in [0.2, 0.25) is 0 Å². The molecule has 0 spiro atoms. The van der Waals surface area contributed by atoms with Crippen molar-refractivity contribution in [2.45, 2.75) is 40.0 Å². The number of aliphatic imine (C=N–C) groups is 1. The molecule has 178 valence electrons. The van der Waals surface area contributed by atoms with E-state index in [4.69, 9.17) is 16.6 Å². The maximum atomic E-state index is 13.4. The summed E-state index contributed by atoms with van der Waals surface area (Å²) in [6.07, 6.45) is 4.85. The average molecular weight is 494 g/mol. The van der Waals surface area contributed by atoms with Gasteiger partial charge >= 0.3 is 0 Å². The molecule has 1 aliphatic carbocycles. The zero-order valence-corrected chi connectivity index (χ0v) is 22.1. The number of amides is 1. The molecule has 1 N–H and O–H groups in total. The third kappa shape index (κ3) is 5.53. The molecule has 0 saturated heterocycles. The predicted octanol–water partition coefficient (Wildman–Crippen LogP) is 7.62. The van der Waals surface area contributed by atoms with Crippen LogP contribution in [0.2, 0.25) is 5.02 Å². The second-order valence-electron chi connectivity index (χ2n) is 10.2. The van der Waals surface area contributed by atoms with Crippen molar-refractivity contribution in [1.29, 1.82) is 0 Å². The maximum absolute atomic E-state index is 13.4. The Hall–Kier alpha value is -2.63. The number of hydrogen-bond donors (Lipinski definition) is 1. The Balaban J connectivity index is 1.67. The van der Waals surface area contributed by atoms with E-state index in [0.29, 0.717) is 16.5 Å². The Labute approximate surface area is 211 Å².